The zero-order chi connectivity index (χ0) is 22.9. The van der Waals surface area contributed by atoms with Crippen LogP contribution < -0.4 is 10.7 Å². The number of benzene rings is 2. The second kappa shape index (κ2) is 8.63. The van der Waals surface area contributed by atoms with Crippen LogP contribution in [0.15, 0.2) is 68.3 Å². The molecule has 0 fully saturated rings. The molecule has 0 aliphatic carbocycles. The number of aryl methyl sites for hydroxylation is 1. The first-order valence-corrected chi connectivity index (χ1v) is 10.7. The maximum absolute atomic E-state index is 12.6. The Morgan fingerprint density at radius 3 is 2.47 bits per heavy atom. The number of hydrogen-bond donors (Lipinski definition) is 1. The Kier molecular flexibility index (Phi) is 5.89. The van der Waals surface area contributed by atoms with Gasteiger partial charge < -0.3 is 14.3 Å². The number of amides is 1. The predicted molar refractivity (Wildman–Crippen MR) is 125 cm³/mol. The Hall–Kier alpha value is -3.38. The van der Waals surface area contributed by atoms with Gasteiger partial charge in [0.1, 0.15) is 17.1 Å². The second-order valence-corrected chi connectivity index (χ2v) is 9.06. The SMILES string of the molecule is CC(C)(C)c1ccc(-c2cc(=O)c3ccc(NC(=O)CCc4cc(Cl)no4)cc3o2)cc1. The van der Waals surface area contributed by atoms with Gasteiger partial charge in [0, 0.05) is 42.3 Å². The highest BCUT2D eigenvalue weighted by molar-refractivity contribution is 6.29. The molecule has 0 atom stereocenters. The molecule has 1 amide bonds. The van der Waals surface area contributed by atoms with Crippen molar-refractivity contribution in [2.45, 2.75) is 39.0 Å². The van der Waals surface area contributed by atoms with Gasteiger partial charge in [0.2, 0.25) is 5.91 Å². The molecule has 0 bridgehead atoms. The van der Waals surface area contributed by atoms with Gasteiger partial charge in [-0.1, -0.05) is 61.8 Å². The highest BCUT2D eigenvalue weighted by atomic mass is 35.5. The van der Waals surface area contributed by atoms with Gasteiger partial charge in [0.25, 0.3) is 0 Å². The average Bonchev–Trinajstić information content (AvgIpc) is 3.16. The smallest absolute Gasteiger partial charge is 0.224 e. The van der Waals surface area contributed by atoms with Crippen LogP contribution in [0.25, 0.3) is 22.3 Å². The molecular formula is C25H23ClN2O4. The Balaban J connectivity index is 1.55. The van der Waals surface area contributed by atoms with Crippen molar-refractivity contribution in [1.29, 1.82) is 0 Å². The van der Waals surface area contributed by atoms with Crippen molar-refractivity contribution in [2.75, 3.05) is 5.32 Å². The Labute approximate surface area is 190 Å². The maximum Gasteiger partial charge on any atom is 0.224 e. The number of aromatic nitrogens is 1. The van der Waals surface area contributed by atoms with Gasteiger partial charge >= 0.3 is 0 Å². The van der Waals surface area contributed by atoms with Crippen LogP contribution in [-0.4, -0.2) is 11.1 Å². The van der Waals surface area contributed by atoms with Crippen LogP contribution in [0.2, 0.25) is 5.15 Å². The largest absolute Gasteiger partial charge is 0.456 e. The number of rotatable bonds is 5. The minimum absolute atomic E-state index is 0.0373. The Bertz CT molecular complexity index is 1330. The summed E-state index contributed by atoms with van der Waals surface area (Å²) >= 11 is 5.72. The van der Waals surface area contributed by atoms with Gasteiger partial charge in [0.15, 0.2) is 10.6 Å². The average molecular weight is 451 g/mol. The minimum Gasteiger partial charge on any atom is -0.456 e. The molecule has 2 aromatic carbocycles. The lowest BCUT2D eigenvalue weighted by Gasteiger charge is -2.19. The lowest BCUT2D eigenvalue weighted by molar-refractivity contribution is -0.116. The van der Waals surface area contributed by atoms with Crippen LogP contribution in [0.4, 0.5) is 5.69 Å². The lowest BCUT2D eigenvalue weighted by Crippen LogP contribution is -2.12. The molecule has 6 nitrogen and oxygen atoms in total. The summed E-state index contributed by atoms with van der Waals surface area (Å²) < 4.78 is 11.0. The van der Waals surface area contributed by atoms with Crippen molar-refractivity contribution in [1.82, 2.24) is 5.16 Å². The highest BCUT2D eigenvalue weighted by Crippen LogP contribution is 2.28. The molecule has 7 heteroatoms. The third-order valence-electron chi connectivity index (χ3n) is 5.18. The molecule has 1 N–H and O–H groups in total. The Morgan fingerprint density at radius 2 is 1.81 bits per heavy atom. The van der Waals surface area contributed by atoms with Gasteiger partial charge in [-0.25, -0.2) is 0 Å². The van der Waals surface area contributed by atoms with E-state index in [0.29, 0.717) is 34.6 Å². The summed E-state index contributed by atoms with van der Waals surface area (Å²) in [6.45, 7) is 6.44. The van der Waals surface area contributed by atoms with Crippen LogP contribution in [-0.2, 0) is 16.6 Å². The van der Waals surface area contributed by atoms with Crippen LogP contribution in [0.3, 0.4) is 0 Å². The summed E-state index contributed by atoms with van der Waals surface area (Å²) in [6, 6.07) is 16.0. The molecule has 0 spiro atoms. The van der Waals surface area contributed by atoms with E-state index in [4.69, 9.17) is 20.5 Å². The van der Waals surface area contributed by atoms with E-state index in [1.165, 1.54) is 11.6 Å². The van der Waals surface area contributed by atoms with Crippen molar-refractivity contribution in [2.24, 2.45) is 0 Å². The van der Waals surface area contributed by atoms with E-state index in [9.17, 15) is 9.59 Å². The molecule has 4 rings (SSSR count). The van der Waals surface area contributed by atoms with E-state index in [1.54, 1.807) is 24.3 Å². The highest BCUT2D eigenvalue weighted by Gasteiger charge is 2.14. The maximum atomic E-state index is 12.6. The van der Waals surface area contributed by atoms with Gasteiger partial charge in [-0.15, -0.1) is 0 Å². The van der Waals surface area contributed by atoms with Gasteiger partial charge in [-0.2, -0.15) is 0 Å². The lowest BCUT2D eigenvalue weighted by atomic mass is 9.86. The van der Waals surface area contributed by atoms with Crippen LogP contribution in [0.1, 0.15) is 38.5 Å². The molecule has 0 unspecified atom stereocenters. The molecule has 4 aromatic rings. The predicted octanol–water partition coefficient (Wildman–Crippen LogP) is 5.97. The number of carbonyl (C=O) groups excluding carboxylic acids is 1. The van der Waals surface area contributed by atoms with Crippen molar-refractivity contribution in [3.05, 3.63) is 81.3 Å². The fourth-order valence-corrected chi connectivity index (χ4v) is 3.53. The van der Waals surface area contributed by atoms with Crippen molar-refractivity contribution < 1.29 is 13.7 Å². The first kappa shape index (κ1) is 21.8. The van der Waals surface area contributed by atoms with Gasteiger partial charge in [-0.05, 0) is 23.1 Å². The van der Waals surface area contributed by atoms with Crippen molar-refractivity contribution >= 4 is 34.2 Å². The van der Waals surface area contributed by atoms with E-state index in [0.717, 1.165) is 5.56 Å². The molecule has 0 radical (unpaired) electrons. The molecule has 0 aliphatic rings. The third-order valence-corrected chi connectivity index (χ3v) is 5.36. The zero-order valence-corrected chi connectivity index (χ0v) is 18.8. The summed E-state index contributed by atoms with van der Waals surface area (Å²) in [5, 5.41) is 7.12. The van der Waals surface area contributed by atoms with E-state index in [-0.39, 0.29) is 28.3 Å². The number of anilines is 1. The number of hydrogen-bond acceptors (Lipinski definition) is 5. The van der Waals surface area contributed by atoms with E-state index >= 15 is 0 Å². The summed E-state index contributed by atoms with van der Waals surface area (Å²) in [4.78, 5) is 24.9. The fraction of sp³-hybridized carbons (Fsp3) is 0.240. The molecule has 2 aromatic heterocycles. The summed E-state index contributed by atoms with van der Waals surface area (Å²) in [5.74, 6) is 0.818. The van der Waals surface area contributed by atoms with Crippen LogP contribution in [0, 0.1) is 0 Å². The first-order valence-electron chi connectivity index (χ1n) is 10.3. The summed E-state index contributed by atoms with van der Waals surface area (Å²) in [7, 11) is 0. The number of halogens is 1. The number of nitrogens with zero attached hydrogens (tertiary/aromatic N) is 1. The van der Waals surface area contributed by atoms with Gasteiger partial charge in [-0.3, -0.25) is 9.59 Å². The fourth-order valence-electron chi connectivity index (χ4n) is 3.38. The normalized spacial score (nSPS) is 11.6. The quantitative estimate of drug-likeness (QED) is 0.404. The standard InChI is InChI=1S/C25H23ClN2O4/c1-25(2,3)16-6-4-15(5-7-16)21-14-20(29)19-10-8-17(12-22(19)31-21)27-24(30)11-9-18-13-23(26)28-32-18/h4-8,10,12-14H,9,11H2,1-3H3,(H,27,30). The molecule has 0 aliphatic heterocycles. The molecule has 164 valence electrons. The van der Waals surface area contributed by atoms with Crippen LogP contribution in [0.5, 0.6) is 0 Å². The van der Waals surface area contributed by atoms with E-state index in [1.807, 2.05) is 24.3 Å². The number of fused-ring (bicyclic) bond motifs is 1. The number of nitrogens with one attached hydrogen (secondary N) is 1. The molecule has 2 heterocycles. The number of carbonyl (C=O) groups is 1. The molecular weight excluding hydrogens is 428 g/mol. The summed E-state index contributed by atoms with van der Waals surface area (Å²) in [5.41, 5.74) is 2.87. The van der Waals surface area contributed by atoms with Gasteiger partial charge in [0.05, 0.1) is 5.39 Å². The third kappa shape index (κ3) is 4.92. The van der Waals surface area contributed by atoms with Crippen LogP contribution >= 0.6 is 11.6 Å². The zero-order valence-electron chi connectivity index (χ0n) is 18.1. The first-order chi connectivity index (χ1) is 15.2. The second-order valence-electron chi connectivity index (χ2n) is 8.68. The molecule has 0 saturated heterocycles. The molecule has 32 heavy (non-hydrogen) atoms. The van der Waals surface area contributed by atoms with Crippen molar-refractivity contribution in [3.8, 4) is 11.3 Å². The van der Waals surface area contributed by atoms with Crippen molar-refractivity contribution in [3.63, 3.8) is 0 Å². The summed E-state index contributed by atoms with van der Waals surface area (Å²) in [6.07, 6.45) is 0.580. The topological polar surface area (TPSA) is 85.3 Å². The Morgan fingerprint density at radius 1 is 1.06 bits per heavy atom. The monoisotopic (exact) mass is 450 g/mol. The van der Waals surface area contributed by atoms with E-state index in [2.05, 4.69) is 31.2 Å². The molecule has 0 saturated carbocycles. The minimum atomic E-state index is -0.201. The van der Waals surface area contributed by atoms with E-state index < -0.39 is 0 Å².